The summed E-state index contributed by atoms with van der Waals surface area (Å²) in [6.07, 6.45) is 3.71. The molecule has 0 spiro atoms. The van der Waals surface area contributed by atoms with Crippen LogP contribution in [0.5, 0.6) is 0 Å². The number of nitrogens with zero attached hydrogens (tertiary/aromatic N) is 5. The molecular formula is C57H72FN8O11PS. The van der Waals surface area contributed by atoms with Crippen LogP contribution in [0.3, 0.4) is 0 Å². The van der Waals surface area contributed by atoms with Crippen LogP contribution in [0.15, 0.2) is 77.6 Å². The molecule has 5 amide bonds. The predicted molar refractivity (Wildman–Crippen MR) is 297 cm³/mol. The van der Waals surface area contributed by atoms with Gasteiger partial charge in [0.2, 0.25) is 29.5 Å². The summed E-state index contributed by atoms with van der Waals surface area (Å²) in [5, 5.41) is 8.02. The largest absolute Gasteiger partial charge is 0.465 e. The number of aromatic nitrogens is 2. The second-order valence-electron chi connectivity index (χ2n) is 22.7. The molecule has 4 N–H and O–H groups in total. The zero-order chi connectivity index (χ0) is 56.5. The number of carbonyl (C=O) groups is 6. The number of alkyl halides is 1. The van der Waals surface area contributed by atoms with Gasteiger partial charge in [-0.05, 0) is 128 Å². The van der Waals surface area contributed by atoms with Gasteiger partial charge in [-0.15, -0.1) is 11.3 Å². The van der Waals surface area contributed by atoms with Crippen LogP contribution in [0.1, 0.15) is 124 Å². The molecule has 0 radical (unpaired) electrons. The number of ether oxygens (including phenoxy) is 2. The van der Waals surface area contributed by atoms with E-state index in [0.717, 1.165) is 54.8 Å². The van der Waals surface area contributed by atoms with Gasteiger partial charge in [0.1, 0.15) is 30.3 Å². The smallest absolute Gasteiger partial charge is 0.329 e. The molecule has 4 saturated heterocycles. The number of likely N-dealkylation sites (tertiary alicyclic amines) is 2. The van der Waals surface area contributed by atoms with E-state index in [9.17, 15) is 33.4 Å². The van der Waals surface area contributed by atoms with Crippen LogP contribution >= 0.6 is 18.9 Å². The van der Waals surface area contributed by atoms with Crippen LogP contribution in [-0.4, -0.2) is 128 Å². The number of rotatable bonds is 17. The highest BCUT2D eigenvalue weighted by Crippen LogP contribution is 2.54. The van der Waals surface area contributed by atoms with Crippen LogP contribution in [0, 0.1) is 17.3 Å². The molecule has 9 rings (SSSR count). The van der Waals surface area contributed by atoms with Gasteiger partial charge in [-0.25, -0.2) is 14.3 Å². The number of morpholine rings is 1. The van der Waals surface area contributed by atoms with E-state index in [4.69, 9.17) is 9.47 Å². The van der Waals surface area contributed by atoms with Crippen molar-refractivity contribution in [1.29, 1.82) is 0 Å². The number of piperidine rings is 2. The lowest BCUT2D eigenvalue weighted by Crippen LogP contribution is -2.59. The Labute approximate surface area is 462 Å². The van der Waals surface area contributed by atoms with E-state index >= 15 is 14.0 Å². The van der Waals surface area contributed by atoms with E-state index in [1.807, 2.05) is 74.2 Å². The number of amides is 5. The zero-order valence-electron chi connectivity index (χ0n) is 45.7. The number of fused-ring (bicyclic) bond motifs is 2. The third-order valence-electron chi connectivity index (χ3n) is 15.9. The Balaban J connectivity index is 0.894. The van der Waals surface area contributed by atoms with Crippen molar-refractivity contribution >= 4 is 75.5 Å². The number of thiophene rings is 1. The number of carbonyl (C=O) groups excluding carboxylic acids is 6. The first kappa shape index (κ1) is 57.6. The van der Waals surface area contributed by atoms with Gasteiger partial charge in [0.15, 0.2) is 0 Å². The van der Waals surface area contributed by atoms with Crippen molar-refractivity contribution in [1.82, 2.24) is 39.6 Å². The number of imidazole rings is 1. The Bertz CT molecular complexity index is 3220. The number of benzene rings is 3. The van der Waals surface area contributed by atoms with Crippen LogP contribution in [0.25, 0.3) is 21.1 Å². The molecule has 22 heteroatoms. The summed E-state index contributed by atoms with van der Waals surface area (Å²) >= 11 is 1.12. The molecule has 1 unspecified atom stereocenters. The average molecular weight is 1130 g/mol. The van der Waals surface area contributed by atoms with Crippen molar-refractivity contribution in [2.75, 3.05) is 45.9 Å². The minimum atomic E-state index is -4.77. The molecule has 8 atom stereocenters. The lowest BCUT2D eigenvalue weighted by molar-refractivity contribution is -0.152. The van der Waals surface area contributed by atoms with Gasteiger partial charge in [-0.1, -0.05) is 70.2 Å². The zero-order valence-corrected chi connectivity index (χ0v) is 47.4. The average Bonchev–Trinajstić information content (AvgIpc) is 4.35. The maximum Gasteiger partial charge on any atom is 0.329 e. The third kappa shape index (κ3) is 12.6. The van der Waals surface area contributed by atoms with E-state index in [2.05, 4.69) is 20.6 Å². The summed E-state index contributed by atoms with van der Waals surface area (Å²) in [4.78, 5) is 112. The van der Waals surface area contributed by atoms with Crippen LogP contribution < -0.4 is 21.4 Å². The first-order valence-corrected chi connectivity index (χ1v) is 29.9. The van der Waals surface area contributed by atoms with Gasteiger partial charge in [-0.2, -0.15) is 0 Å². The molecule has 3 aromatic carbocycles. The molecule has 4 aliphatic heterocycles. The number of imide groups is 1. The molecule has 4 aliphatic rings. The summed E-state index contributed by atoms with van der Waals surface area (Å²) in [6.45, 7) is 12.4. The highest BCUT2D eigenvalue weighted by Gasteiger charge is 2.49. The predicted octanol–water partition coefficient (Wildman–Crippen LogP) is 6.88. The summed E-state index contributed by atoms with van der Waals surface area (Å²) < 4.78 is 43.8. The maximum absolute atomic E-state index is 15.8. The lowest BCUT2D eigenvalue weighted by atomic mass is 9.82. The van der Waals surface area contributed by atoms with E-state index in [1.54, 1.807) is 35.6 Å². The van der Waals surface area contributed by atoms with Crippen molar-refractivity contribution in [3.05, 3.63) is 105 Å². The molecule has 5 aromatic rings. The van der Waals surface area contributed by atoms with Crippen LogP contribution in [0.2, 0.25) is 0 Å². The number of hydrogen-bond donors (Lipinski definition) is 4. The fourth-order valence-electron chi connectivity index (χ4n) is 11.7. The van der Waals surface area contributed by atoms with Crippen molar-refractivity contribution in [2.24, 2.45) is 24.3 Å². The molecule has 19 nitrogen and oxygen atoms in total. The van der Waals surface area contributed by atoms with E-state index in [1.165, 1.54) is 23.6 Å². The third-order valence-corrected chi connectivity index (χ3v) is 18.7. The SMILES string of the molecule is CCCOC(=O)[C@H](C)NP(=O)(O)[C@H](F)c1ccc2sc(C(=O)N[C@H](C(=O)N3CC[C@@H](CC4CCN(Cc5ccc6c(c5)n(C)c(=O)n6[C@@H]5CCC(=O)NC5=O)CC4)[C@H]3C(=O)N3CCO[C@H](c4ccccc4)C3)C(C)(C)C)cc2c1. The van der Waals surface area contributed by atoms with E-state index in [0.29, 0.717) is 66.7 Å². The van der Waals surface area contributed by atoms with Crippen molar-refractivity contribution in [2.45, 2.75) is 122 Å². The van der Waals surface area contributed by atoms with Crippen molar-refractivity contribution in [3.63, 3.8) is 0 Å². The Morgan fingerprint density at radius 3 is 2.41 bits per heavy atom. The Kier molecular flexibility index (Phi) is 17.4. The molecule has 6 heterocycles. The quantitative estimate of drug-likeness (QED) is 0.0423. The number of halogens is 1. The lowest BCUT2D eigenvalue weighted by Gasteiger charge is -2.40. The van der Waals surface area contributed by atoms with Crippen LogP contribution in [0.4, 0.5) is 4.39 Å². The number of nitrogens with one attached hydrogen (secondary N) is 3. The van der Waals surface area contributed by atoms with Crippen LogP contribution in [-0.2, 0) is 51.6 Å². The standard InChI is InChI=1S/C57H72FN8O11PS/c1-7-26-77-55(72)34(2)61-78(74,75)50(58)39-14-17-45-40(30-39)31-46(79-45)52(69)60-49(57(3,4)5)54(71)65-24-21-38(48(65)53(70)64-25-27-76-44(33-64)37-11-9-8-10-12-37)28-35-19-22-63(23-20-35)32-36-13-15-41-43(29-36)62(6)56(73)66(41)42-16-18-47(67)59-51(42)68/h8-15,17,29-31,34-35,38,42,44,48-50H,7,16,18-28,32-33H2,1-6H3,(H,60,69)(H,59,67,68)(H2,61,74,75)/t34-,38-,42+,44-,48-,49+,50-/m0/s1. The molecule has 79 heavy (non-hydrogen) atoms. The monoisotopic (exact) mass is 1130 g/mol. The Morgan fingerprint density at radius 1 is 0.949 bits per heavy atom. The molecule has 2 aromatic heterocycles. The summed E-state index contributed by atoms with van der Waals surface area (Å²) in [6, 6.07) is 17.6. The highest BCUT2D eigenvalue weighted by molar-refractivity contribution is 7.56. The number of aryl methyl sites for hydroxylation is 1. The van der Waals surface area contributed by atoms with Gasteiger partial charge >= 0.3 is 19.2 Å². The van der Waals surface area contributed by atoms with Gasteiger partial charge in [0.25, 0.3) is 5.91 Å². The van der Waals surface area contributed by atoms with Gasteiger partial charge in [-0.3, -0.25) is 52.7 Å². The van der Waals surface area contributed by atoms with Crippen molar-refractivity contribution < 1.29 is 52.1 Å². The first-order chi connectivity index (χ1) is 37.6. The fraction of sp³-hybridized carbons (Fsp3) is 0.526. The second kappa shape index (κ2) is 23.9. The normalized spacial score (nSPS) is 22.6. The Morgan fingerprint density at radius 2 is 1.70 bits per heavy atom. The fourth-order valence-corrected chi connectivity index (χ4v) is 14.0. The minimum absolute atomic E-state index is 0.116. The van der Waals surface area contributed by atoms with E-state index < -0.39 is 60.8 Å². The maximum atomic E-state index is 15.8. The number of esters is 1. The molecule has 0 aliphatic carbocycles. The van der Waals surface area contributed by atoms with Gasteiger partial charge < -0.3 is 29.5 Å². The topological polar surface area (TPSA) is 231 Å². The van der Waals surface area contributed by atoms with Gasteiger partial charge in [0, 0.05) is 37.8 Å². The summed E-state index contributed by atoms with van der Waals surface area (Å²) in [5.41, 5.74) is 2.07. The molecule has 0 bridgehead atoms. The summed E-state index contributed by atoms with van der Waals surface area (Å²) in [5.74, 6) is -4.93. The molecule has 4 fully saturated rings. The number of hydrogen-bond acceptors (Lipinski definition) is 12. The van der Waals surface area contributed by atoms with Crippen molar-refractivity contribution in [3.8, 4) is 0 Å². The minimum Gasteiger partial charge on any atom is -0.465 e. The highest BCUT2D eigenvalue weighted by atomic mass is 32.1. The molecule has 0 saturated carbocycles. The summed E-state index contributed by atoms with van der Waals surface area (Å²) in [7, 11) is -3.09. The molecular weight excluding hydrogens is 1050 g/mol. The Hall–Kier alpha value is -6.09. The van der Waals surface area contributed by atoms with E-state index in [-0.39, 0.29) is 71.2 Å². The molecule has 424 valence electrons. The second-order valence-corrected chi connectivity index (χ2v) is 25.7. The van der Waals surface area contributed by atoms with Gasteiger partial charge in [0.05, 0.1) is 35.7 Å². The first-order valence-electron chi connectivity index (χ1n) is 27.4.